The van der Waals surface area contributed by atoms with E-state index in [4.69, 9.17) is 27.0 Å². The monoisotopic (exact) mass is 268 g/mol. The number of ether oxygens (including phenoxy) is 1. The van der Waals surface area contributed by atoms with E-state index in [0.717, 1.165) is 5.56 Å². The molecule has 0 aliphatic carbocycles. The van der Waals surface area contributed by atoms with Crippen LogP contribution in [-0.2, 0) is 15.5 Å². The van der Waals surface area contributed by atoms with Crippen LogP contribution in [0.3, 0.4) is 0 Å². The molecule has 0 saturated heterocycles. The normalized spacial score (nSPS) is 11.4. The summed E-state index contributed by atoms with van der Waals surface area (Å²) in [7, 11) is 3.15. The topological polar surface area (TPSA) is 43.4 Å². The van der Waals surface area contributed by atoms with Gasteiger partial charge in [-0.3, -0.25) is 0 Å². The Balaban J connectivity index is 2.85. The van der Waals surface area contributed by atoms with Crippen molar-refractivity contribution in [2.24, 2.45) is 0 Å². The predicted octanol–water partition coefficient (Wildman–Crippen LogP) is 2.46. The van der Waals surface area contributed by atoms with Crippen LogP contribution in [0.2, 0.25) is 5.02 Å². The molecule has 0 atom stereocenters. The zero-order valence-electron chi connectivity index (χ0n) is 8.04. The van der Waals surface area contributed by atoms with Crippen LogP contribution in [0, 0.1) is 0 Å². The Morgan fingerprint density at radius 2 is 2.07 bits per heavy atom. The third-order valence-electron chi connectivity index (χ3n) is 1.86. The highest BCUT2D eigenvalue weighted by molar-refractivity contribution is 8.13. The van der Waals surface area contributed by atoms with Crippen molar-refractivity contribution in [2.75, 3.05) is 12.9 Å². The molecule has 0 spiro atoms. The van der Waals surface area contributed by atoms with Crippen LogP contribution < -0.4 is 4.74 Å². The van der Waals surface area contributed by atoms with E-state index in [1.807, 2.05) is 0 Å². The van der Waals surface area contributed by atoms with Crippen molar-refractivity contribution in [1.29, 1.82) is 0 Å². The summed E-state index contributed by atoms with van der Waals surface area (Å²) < 4.78 is 26.6. The number of aryl methyl sites for hydroxylation is 1. The van der Waals surface area contributed by atoms with Crippen LogP contribution in [0.1, 0.15) is 5.56 Å². The molecule has 0 unspecified atom stereocenters. The Labute approximate surface area is 98.4 Å². The van der Waals surface area contributed by atoms with Gasteiger partial charge in [0.15, 0.2) is 0 Å². The van der Waals surface area contributed by atoms with Crippen molar-refractivity contribution in [3.05, 3.63) is 28.8 Å². The fourth-order valence-electron chi connectivity index (χ4n) is 1.16. The summed E-state index contributed by atoms with van der Waals surface area (Å²) in [5.41, 5.74) is 0.770. The van der Waals surface area contributed by atoms with E-state index in [-0.39, 0.29) is 5.75 Å². The Bertz CT molecular complexity index is 443. The van der Waals surface area contributed by atoms with Crippen LogP contribution >= 0.6 is 22.3 Å². The molecule has 6 heteroatoms. The van der Waals surface area contributed by atoms with Gasteiger partial charge in [-0.1, -0.05) is 17.7 Å². The van der Waals surface area contributed by atoms with Gasteiger partial charge < -0.3 is 4.74 Å². The smallest absolute Gasteiger partial charge is 0.232 e. The first kappa shape index (κ1) is 12.6. The number of methoxy groups -OCH3 is 1. The lowest BCUT2D eigenvalue weighted by Gasteiger charge is -2.07. The van der Waals surface area contributed by atoms with Gasteiger partial charge in [0.25, 0.3) is 0 Å². The van der Waals surface area contributed by atoms with Crippen LogP contribution in [0.25, 0.3) is 0 Å². The van der Waals surface area contributed by atoms with Crippen LogP contribution in [0.5, 0.6) is 5.75 Å². The fourth-order valence-corrected chi connectivity index (χ4v) is 2.01. The van der Waals surface area contributed by atoms with Crippen LogP contribution in [-0.4, -0.2) is 21.3 Å². The molecule has 0 radical (unpaired) electrons. The maximum Gasteiger partial charge on any atom is 0.232 e. The molecule has 84 valence electrons. The van der Waals surface area contributed by atoms with Gasteiger partial charge in [-0.25, -0.2) is 8.42 Å². The highest BCUT2D eigenvalue weighted by atomic mass is 35.7. The highest BCUT2D eigenvalue weighted by Gasteiger charge is 2.09. The molecule has 0 bridgehead atoms. The Morgan fingerprint density at radius 1 is 1.40 bits per heavy atom. The van der Waals surface area contributed by atoms with Gasteiger partial charge in [-0.15, -0.1) is 0 Å². The average Bonchev–Trinajstić information content (AvgIpc) is 2.14. The maximum atomic E-state index is 10.8. The molecular weight excluding hydrogens is 259 g/mol. The third-order valence-corrected chi connectivity index (χ3v) is 3.25. The van der Waals surface area contributed by atoms with Crippen molar-refractivity contribution < 1.29 is 13.2 Å². The van der Waals surface area contributed by atoms with Gasteiger partial charge >= 0.3 is 0 Å². The van der Waals surface area contributed by atoms with Crippen molar-refractivity contribution in [3.63, 3.8) is 0 Å². The summed E-state index contributed by atoms with van der Waals surface area (Å²) in [6, 6.07) is 5.04. The molecule has 1 aromatic carbocycles. The first-order chi connectivity index (χ1) is 6.92. The summed E-state index contributed by atoms with van der Waals surface area (Å²) in [5, 5.41) is 0.546. The fraction of sp³-hybridized carbons (Fsp3) is 0.333. The molecular formula is C9H10Cl2O3S. The second-order valence-electron chi connectivity index (χ2n) is 2.95. The molecule has 15 heavy (non-hydrogen) atoms. The number of benzene rings is 1. The molecule has 1 aromatic rings. The molecule has 0 saturated carbocycles. The first-order valence-electron chi connectivity index (χ1n) is 4.17. The van der Waals surface area contributed by atoms with Crippen molar-refractivity contribution in [3.8, 4) is 5.75 Å². The Hall–Kier alpha value is -0.450. The molecule has 0 aliphatic heterocycles. The largest absolute Gasteiger partial charge is 0.496 e. The lowest BCUT2D eigenvalue weighted by atomic mass is 10.1. The minimum absolute atomic E-state index is 0.119. The molecule has 0 amide bonds. The minimum atomic E-state index is -3.47. The first-order valence-corrected chi connectivity index (χ1v) is 7.03. The van der Waals surface area contributed by atoms with Gasteiger partial charge in [0.1, 0.15) is 5.75 Å². The summed E-state index contributed by atoms with van der Waals surface area (Å²) in [4.78, 5) is 0. The van der Waals surface area contributed by atoms with Gasteiger partial charge in [-0.2, -0.15) is 0 Å². The van der Waals surface area contributed by atoms with Crippen LogP contribution in [0.15, 0.2) is 18.2 Å². The van der Waals surface area contributed by atoms with Crippen molar-refractivity contribution in [2.45, 2.75) is 6.42 Å². The molecule has 1 rings (SSSR count). The predicted molar refractivity (Wildman–Crippen MR) is 61.3 cm³/mol. The van der Waals surface area contributed by atoms with E-state index in [0.29, 0.717) is 17.2 Å². The van der Waals surface area contributed by atoms with Gasteiger partial charge in [0.05, 0.1) is 12.9 Å². The lowest BCUT2D eigenvalue weighted by molar-refractivity contribution is 0.410. The molecule has 0 heterocycles. The molecule has 0 aliphatic rings. The highest BCUT2D eigenvalue weighted by Crippen LogP contribution is 2.24. The van der Waals surface area contributed by atoms with Crippen molar-refractivity contribution >= 4 is 31.3 Å². The third kappa shape index (κ3) is 4.28. The maximum absolute atomic E-state index is 10.8. The summed E-state index contributed by atoms with van der Waals surface area (Å²) in [6.07, 6.45) is 0.312. The molecule has 0 aromatic heterocycles. The second-order valence-corrected chi connectivity index (χ2v) is 6.28. The molecule has 3 nitrogen and oxygen atoms in total. The minimum Gasteiger partial charge on any atom is -0.496 e. The average molecular weight is 269 g/mol. The van der Waals surface area contributed by atoms with Crippen molar-refractivity contribution in [1.82, 2.24) is 0 Å². The van der Waals surface area contributed by atoms with Gasteiger partial charge in [0.2, 0.25) is 9.05 Å². The lowest BCUT2D eigenvalue weighted by Crippen LogP contribution is -2.02. The standard InChI is InChI=1S/C9H10Cl2O3S/c1-14-9-6-8(10)3-2-7(9)4-5-15(11,12)13/h2-3,6H,4-5H2,1H3. The SMILES string of the molecule is COc1cc(Cl)ccc1CCS(=O)(=O)Cl. The zero-order valence-corrected chi connectivity index (χ0v) is 10.4. The van der Waals surface area contributed by atoms with Gasteiger partial charge in [-0.05, 0) is 24.1 Å². The van der Waals surface area contributed by atoms with Gasteiger partial charge in [0, 0.05) is 15.7 Å². The quantitative estimate of drug-likeness (QED) is 0.788. The van der Waals surface area contributed by atoms with E-state index >= 15 is 0 Å². The number of hydrogen-bond acceptors (Lipinski definition) is 3. The van der Waals surface area contributed by atoms with E-state index in [1.165, 1.54) is 7.11 Å². The molecule has 0 fully saturated rings. The zero-order chi connectivity index (χ0) is 11.5. The number of hydrogen-bond donors (Lipinski definition) is 0. The van der Waals surface area contributed by atoms with E-state index in [1.54, 1.807) is 18.2 Å². The number of rotatable bonds is 4. The summed E-state index contributed by atoms with van der Waals surface area (Å²) in [5.74, 6) is 0.454. The Kier molecular flexibility index (Phi) is 4.25. The number of halogens is 2. The van der Waals surface area contributed by atoms with E-state index < -0.39 is 9.05 Å². The van der Waals surface area contributed by atoms with Crippen LogP contribution in [0.4, 0.5) is 0 Å². The second kappa shape index (κ2) is 5.05. The summed E-state index contributed by atoms with van der Waals surface area (Å²) >= 11 is 5.76. The van der Waals surface area contributed by atoms with E-state index in [9.17, 15) is 8.42 Å². The molecule has 0 N–H and O–H groups in total. The summed E-state index contributed by atoms with van der Waals surface area (Å²) in [6.45, 7) is 0. The van der Waals surface area contributed by atoms with E-state index in [2.05, 4.69) is 0 Å². The Morgan fingerprint density at radius 3 is 2.60 bits per heavy atom.